The number of rotatable bonds is 6. The van der Waals surface area contributed by atoms with Gasteiger partial charge in [-0.2, -0.15) is 0 Å². The van der Waals surface area contributed by atoms with Crippen molar-refractivity contribution < 1.29 is 31.2 Å². The number of hydrogen-bond donors (Lipinski definition) is 1. The van der Waals surface area contributed by atoms with E-state index in [0.29, 0.717) is 16.9 Å². The average Bonchev–Trinajstić information content (AvgIpc) is 3.13. The molecule has 1 atom stereocenters. The lowest BCUT2D eigenvalue weighted by Gasteiger charge is -2.52. The Bertz CT molecular complexity index is 985. The Morgan fingerprint density at radius 1 is 1.00 bits per heavy atom. The molecule has 1 aromatic carbocycles. The van der Waals surface area contributed by atoms with Crippen LogP contribution < -0.4 is 17.7 Å². The molecule has 1 N–H and O–H groups in total. The van der Waals surface area contributed by atoms with Crippen LogP contribution in [0.4, 0.5) is 5.69 Å². The van der Waals surface area contributed by atoms with Crippen molar-refractivity contribution in [3.8, 4) is 0 Å². The van der Waals surface area contributed by atoms with Crippen LogP contribution in [0.15, 0.2) is 54.9 Å². The molecule has 6 rings (SSSR count). The maximum Gasteiger partial charge on any atom is 0.317 e. The Morgan fingerprint density at radius 3 is 2.37 bits per heavy atom. The van der Waals surface area contributed by atoms with E-state index < -0.39 is 5.41 Å². The second kappa shape index (κ2) is 11.1. The minimum atomic E-state index is -0.535. The third-order valence-corrected chi connectivity index (χ3v) is 8.40. The van der Waals surface area contributed by atoms with Gasteiger partial charge in [-0.1, -0.05) is 56.0 Å². The largest absolute Gasteiger partial charge is 1.00 e. The van der Waals surface area contributed by atoms with Gasteiger partial charge in [0.2, 0.25) is 0 Å². The van der Waals surface area contributed by atoms with Gasteiger partial charge in [0.05, 0.1) is 30.4 Å². The van der Waals surface area contributed by atoms with E-state index in [4.69, 9.17) is 4.74 Å². The third-order valence-electron chi connectivity index (χ3n) is 8.40. The number of quaternary nitrogens is 1. The van der Waals surface area contributed by atoms with Crippen LogP contribution in [-0.4, -0.2) is 53.6 Å². The van der Waals surface area contributed by atoms with Crippen LogP contribution in [0.1, 0.15) is 56.9 Å². The molecule has 4 fully saturated rings. The highest BCUT2D eigenvalue weighted by atomic mass is 35.5. The molecule has 2 aromatic rings. The van der Waals surface area contributed by atoms with Crippen molar-refractivity contribution in [3.05, 3.63) is 60.4 Å². The van der Waals surface area contributed by atoms with E-state index in [1.54, 1.807) is 12.4 Å². The predicted octanol–water partition coefficient (Wildman–Crippen LogP) is 1.47. The first kappa shape index (κ1) is 25.6. The number of ether oxygens (including phenoxy) is 1. The molecule has 35 heavy (non-hydrogen) atoms. The highest BCUT2D eigenvalue weighted by Gasteiger charge is 2.51. The number of nitrogens with zero attached hydrogens (tertiary/aromatic N) is 2. The minimum absolute atomic E-state index is 0. The SMILES string of the molecule is O=C(C[N+]12CCC(CC1)C(OC(=O)C1(c3ccccc3)CCCCCC1)C2)Nc1cccnc1.[Cl-]. The van der Waals surface area contributed by atoms with Crippen molar-refractivity contribution in [2.45, 2.75) is 62.9 Å². The zero-order chi connectivity index (χ0) is 23.4. The fraction of sp³-hybridized carbons (Fsp3) is 0.536. The van der Waals surface area contributed by atoms with Gasteiger partial charge in [-0.25, -0.2) is 0 Å². The number of pyridine rings is 1. The number of carbonyl (C=O) groups excluding carboxylic acids is 2. The van der Waals surface area contributed by atoms with E-state index in [0.717, 1.165) is 69.4 Å². The van der Waals surface area contributed by atoms with Crippen LogP contribution in [0.25, 0.3) is 0 Å². The van der Waals surface area contributed by atoms with Gasteiger partial charge < -0.3 is 26.9 Å². The van der Waals surface area contributed by atoms with Crippen molar-refractivity contribution in [3.63, 3.8) is 0 Å². The monoisotopic (exact) mass is 497 g/mol. The first-order chi connectivity index (χ1) is 16.6. The summed E-state index contributed by atoms with van der Waals surface area (Å²) in [6.45, 7) is 3.10. The van der Waals surface area contributed by atoms with E-state index >= 15 is 0 Å². The molecule has 0 spiro atoms. The normalized spacial score (nSPS) is 27.2. The quantitative estimate of drug-likeness (QED) is 0.373. The van der Waals surface area contributed by atoms with Crippen molar-refractivity contribution >= 4 is 17.6 Å². The second-order valence-corrected chi connectivity index (χ2v) is 10.6. The first-order valence-electron chi connectivity index (χ1n) is 12.9. The third kappa shape index (κ3) is 5.54. The first-order valence-corrected chi connectivity index (χ1v) is 12.9. The molecule has 4 aliphatic rings. The number of nitrogens with one attached hydrogen (secondary N) is 1. The molecule has 7 heteroatoms. The zero-order valence-electron chi connectivity index (χ0n) is 20.3. The summed E-state index contributed by atoms with van der Waals surface area (Å²) in [7, 11) is 0. The number of piperidine rings is 3. The lowest BCUT2D eigenvalue weighted by atomic mass is 9.74. The van der Waals surface area contributed by atoms with Crippen LogP contribution in [0.3, 0.4) is 0 Å². The van der Waals surface area contributed by atoms with Crippen molar-refractivity contribution in [2.24, 2.45) is 5.92 Å². The number of hydrogen-bond acceptors (Lipinski definition) is 4. The van der Waals surface area contributed by atoms with Gasteiger partial charge in [0.15, 0.2) is 12.6 Å². The Kier molecular flexibility index (Phi) is 8.12. The summed E-state index contributed by atoms with van der Waals surface area (Å²) < 4.78 is 7.11. The highest BCUT2D eigenvalue weighted by Crippen LogP contribution is 2.42. The highest BCUT2D eigenvalue weighted by molar-refractivity contribution is 5.91. The van der Waals surface area contributed by atoms with Crippen molar-refractivity contribution in [2.75, 3.05) is 31.5 Å². The Balaban J connectivity index is 0.00000289. The molecule has 188 valence electrons. The number of fused-ring (bicyclic) bond motifs is 3. The number of esters is 1. The lowest BCUT2D eigenvalue weighted by Crippen LogP contribution is -3.00. The number of carbonyl (C=O) groups is 2. The van der Waals surface area contributed by atoms with Crippen LogP contribution in [0.2, 0.25) is 0 Å². The number of halogens is 1. The number of benzene rings is 1. The van der Waals surface area contributed by atoms with Crippen LogP contribution in [0.5, 0.6) is 0 Å². The second-order valence-electron chi connectivity index (χ2n) is 10.6. The van der Waals surface area contributed by atoms with Gasteiger partial charge in [-0.15, -0.1) is 0 Å². The maximum absolute atomic E-state index is 13.9. The molecule has 2 bridgehead atoms. The molecule has 1 saturated carbocycles. The van der Waals surface area contributed by atoms with Gasteiger partial charge in [-0.05, 0) is 30.5 Å². The smallest absolute Gasteiger partial charge is 0.317 e. The summed E-state index contributed by atoms with van der Waals surface area (Å²) in [5, 5.41) is 2.98. The molecular formula is C28H36ClN3O3. The van der Waals surface area contributed by atoms with Gasteiger partial charge in [0.25, 0.3) is 5.91 Å². The van der Waals surface area contributed by atoms with Crippen molar-refractivity contribution in [1.29, 1.82) is 0 Å². The van der Waals surface area contributed by atoms with E-state index in [-0.39, 0.29) is 30.4 Å². The Labute approximate surface area is 214 Å². The van der Waals surface area contributed by atoms with Crippen LogP contribution in [0, 0.1) is 5.92 Å². The zero-order valence-corrected chi connectivity index (χ0v) is 21.1. The van der Waals surface area contributed by atoms with E-state index in [2.05, 4.69) is 22.4 Å². The van der Waals surface area contributed by atoms with Gasteiger partial charge in [0.1, 0.15) is 6.54 Å². The molecule has 4 heterocycles. The summed E-state index contributed by atoms with van der Waals surface area (Å²) in [6, 6.07) is 13.9. The number of aromatic nitrogens is 1. The topological polar surface area (TPSA) is 68.3 Å². The van der Waals surface area contributed by atoms with E-state index in [1.165, 1.54) is 12.8 Å². The molecule has 1 aliphatic carbocycles. The molecule has 0 radical (unpaired) electrons. The maximum atomic E-state index is 13.9. The Hall–Kier alpha value is -2.44. The summed E-state index contributed by atoms with van der Waals surface area (Å²) >= 11 is 0. The summed E-state index contributed by atoms with van der Waals surface area (Å²) in [5.41, 5.74) is 1.29. The van der Waals surface area contributed by atoms with Gasteiger partial charge in [-0.3, -0.25) is 14.6 Å². The lowest BCUT2D eigenvalue weighted by molar-refractivity contribution is -0.939. The van der Waals surface area contributed by atoms with Gasteiger partial charge >= 0.3 is 5.97 Å². The minimum Gasteiger partial charge on any atom is -1.00 e. The summed E-state index contributed by atoms with van der Waals surface area (Å²) in [5.74, 6) is 0.365. The molecule has 1 unspecified atom stereocenters. The standard InChI is InChI=1S/C28H35N3O3.ClH/c32-26(30-24-11-8-16-29-19-24)21-31-17-12-22(13-18-31)25(20-31)34-27(33)28(14-6-1-2-7-15-28)23-9-4-3-5-10-23;/h3-5,8-11,16,19,22,25H,1-2,6-7,12-15,17-18,20-21H2;1H. The number of anilines is 1. The molecular weight excluding hydrogens is 462 g/mol. The molecule has 6 nitrogen and oxygen atoms in total. The average molecular weight is 498 g/mol. The fourth-order valence-corrected chi connectivity index (χ4v) is 6.47. The van der Waals surface area contributed by atoms with Crippen molar-refractivity contribution in [1.82, 2.24) is 4.98 Å². The predicted molar refractivity (Wildman–Crippen MR) is 131 cm³/mol. The molecule has 1 amide bonds. The molecule has 1 aromatic heterocycles. The summed E-state index contributed by atoms with van der Waals surface area (Å²) in [4.78, 5) is 30.8. The number of amides is 1. The van der Waals surface area contributed by atoms with Crippen LogP contribution >= 0.6 is 0 Å². The Morgan fingerprint density at radius 2 is 1.71 bits per heavy atom. The molecule has 3 aliphatic heterocycles. The van der Waals surface area contributed by atoms with Crippen LogP contribution in [-0.2, 0) is 19.7 Å². The van der Waals surface area contributed by atoms with Gasteiger partial charge in [0, 0.05) is 25.0 Å². The molecule has 3 saturated heterocycles. The van der Waals surface area contributed by atoms with E-state index in [9.17, 15) is 9.59 Å². The van der Waals surface area contributed by atoms with E-state index in [1.807, 2.05) is 30.3 Å². The summed E-state index contributed by atoms with van der Waals surface area (Å²) in [6.07, 6.45) is 11.5. The fourth-order valence-electron chi connectivity index (χ4n) is 6.47.